The van der Waals surface area contributed by atoms with Gasteiger partial charge in [0.05, 0.1) is 12.8 Å². The fourth-order valence-electron chi connectivity index (χ4n) is 3.13. The summed E-state index contributed by atoms with van der Waals surface area (Å²) in [6.45, 7) is 4.27. The van der Waals surface area contributed by atoms with Gasteiger partial charge in [0.1, 0.15) is 12.4 Å². The molecule has 0 amide bonds. The van der Waals surface area contributed by atoms with Crippen LogP contribution in [-0.4, -0.2) is 22.9 Å². The molecule has 0 aliphatic carbocycles. The molecule has 0 aliphatic rings. The van der Waals surface area contributed by atoms with Gasteiger partial charge in [-0.2, -0.15) is 5.10 Å². The summed E-state index contributed by atoms with van der Waals surface area (Å²) in [6.07, 6.45) is 1.01. The monoisotopic (exact) mass is 352 g/mol. The van der Waals surface area contributed by atoms with E-state index in [2.05, 4.69) is 5.10 Å². The first-order chi connectivity index (χ1) is 12.5. The Morgan fingerprint density at radius 2 is 1.85 bits per heavy atom. The lowest BCUT2D eigenvalue weighted by atomic mass is 10.1. The molecule has 0 bridgehead atoms. The number of aryl methyl sites for hydroxylation is 2. The topological polar surface area (TPSA) is 53.4 Å². The highest BCUT2D eigenvalue weighted by Gasteiger charge is 2.12. The van der Waals surface area contributed by atoms with E-state index in [4.69, 9.17) is 9.47 Å². The molecular weight excluding hydrogens is 328 g/mol. The zero-order chi connectivity index (χ0) is 18.7. The highest BCUT2D eigenvalue weighted by Crippen LogP contribution is 2.22. The van der Waals surface area contributed by atoms with Gasteiger partial charge in [-0.25, -0.2) is 0 Å². The highest BCUT2D eigenvalue weighted by molar-refractivity contribution is 5.84. The van der Waals surface area contributed by atoms with Crippen LogP contribution in [0.1, 0.15) is 28.9 Å². The number of fused-ring (bicyclic) bond motifs is 1. The molecule has 0 N–H and O–H groups in total. The summed E-state index contributed by atoms with van der Waals surface area (Å²) >= 11 is 0. The second-order valence-corrected chi connectivity index (χ2v) is 6.48. The molecule has 0 fully saturated rings. The predicted molar refractivity (Wildman–Crippen MR) is 101 cm³/mol. The van der Waals surface area contributed by atoms with E-state index in [1.807, 2.05) is 62.0 Å². The largest absolute Gasteiger partial charge is 0.497 e. The van der Waals surface area contributed by atoms with Gasteiger partial charge in [0.2, 0.25) is 0 Å². The Morgan fingerprint density at radius 1 is 1.12 bits per heavy atom. The molecule has 136 valence electrons. The molecule has 0 atom stereocenters. The number of rotatable bonds is 6. The fraction of sp³-hybridized carbons (Fsp3) is 0.333. The molecule has 0 saturated carbocycles. The van der Waals surface area contributed by atoms with Crippen LogP contribution in [-0.2, 0) is 29.6 Å². The minimum Gasteiger partial charge on any atom is -0.497 e. The van der Waals surface area contributed by atoms with Crippen LogP contribution < -0.4 is 4.74 Å². The third kappa shape index (κ3) is 3.87. The minimum atomic E-state index is -0.192. The van der Waals surface area contributed by atoms with Gasteiger partial charge in [0.15, 0.2) is 0 Å². The molecule has 0 saturated heterocycles. The summed E-state index contributed by atoms with van der Waals surface area (Å²) in [4.78, 5) is 12.1. The van der Waals surface area contributed by atoms with Crippen LogP contribution in [0.4, 0.5) is 0 Å². The lowest BCUT2D eigenvalue weighted by Gasteiger charge is -2.08. The van der Waals surface area contributed by atoms with Crippen molar-refractivity contribution < 1.29 is 14.3 Å². The number of carbonyl (C=O) groups excluding carboxylic acids is 1. The molecule has 0 spiro atoms. The van der Waals surface area contributed by atoms with Crippen molar-refractivity contribution >= 4 is 16.7 Å². The Morgan fingerprint density at radius 3 is 2.54 bits per heavy atom. The van der Waals surface area contributed by atoms with E-state index in [0.29, 0.717) is 12.8 Å². The third-order valence-corrected chi connectivity index (χ3v) is 4.75. The van der Waals surface area contributed by atoms with E-state index in [-0.39, 0.29) is 12.6 Å². The van der Waals surface area contributed by atoms with Crippen molar-refractivity contribution in [3.8, 4) is 5.75 Å². The summed E-state index contributed by atoms with van der Waals surface area (Å²) in [7, 11) is 3.57. The number of hydrogen-bond donors (Lipinski definition) is 0. The lowest BCUT2D eigenvalue weighted by Crippen LogP contribution is -2.06. The smallest absolute Gasteiger partial charge is 0.306 e. The maximum Gasteiger partial charge on any atom is 0.306 e. The highest BCUT2D eigenvalue weighted by atomic mass is 16.5. The molecule has 1 aromatic heterocycles. The quantitative estimate of drug-likeness (QED) is 0.632. The average molecular weight is 352 g/mol. The zero-order valence-corrected chi connectivity index (χ0v) is 15.7. The molecule has 1 heterocycles. The standard InChI is InChI=1S/C21H24N2O3/c1-14-20(15(2)23(3)22-14)9-10-21(24)26-13-16-5-6-18-12-19(25-4)8-7-17(18)11-16/h5-8,11-12H,9-10,13H2,1-4H3. The van der Waals surface area contributed by atoms with E-state index >= 15 is 0 Å². The van der Waals surface area contributed by atoms with E-state index < -0.39 is 0 Å². The maximum absolute atomic E-state index is 12.1. The van der Waals surface area contributed by atoms with Crippen molar-refractivity contribution in [2.24, 2.45) is 7.05 Å². The van der Waals surface area contributed by atoms with E-state index in [9.17, 15) is 4.79 Å². The van der Waals surface area contributed by atoms with Gasteiger partial charge in [-0.15, -0.1) is 0 Å². The van der Waals surface area contributed by atoms with Crippen LogP contribution in [0.3, 0.4) is 0 Å². The molecule has 3 rings (SSSR count). The number of hydrogen-bond acceptors (Lipinski definition) is 4. The van der Waals surface area contributed by atoms with E-state index in [1.54, 1.807) is 7.11 Å². The molecule has 2 aromatic carbocycles. The average Bonchev–Trinajstić information content (AvgIpc) is 2.89. The van der Waals surface area contributed by atoms with Crippen LogP contribution in [0.5, 0.6) is 5.75 Å². The summed E-state index contributed by atoms with van der Waals surface area (Å²) in [6, 6.07) is 12.0. The summed E-state index contributed by atoms with van der Waals surface area (Å²) < 4.78 is 12.5. The van der Waals surface area contributed by atoms with Crippen molar-refractivity contribution in [2.45, 2.75) is 33.3 Å². The third-order valence-electron chi connectivity index (χ3n) is 4.75. The molecule has 0 aliphatic heterocycles. The van der Waals surface area contributed by atoms with Crippen LogP contribution in [0.15, 0.2) is 36.4 Å². The lowest BCUT2D eigenvalue weighted by molar-refractivity contribution is -0.144. The first kappa shape index (κ1) is 18.0. The van der Waals surface area contributed by atoms with Crippen LogP contribution in [0.25, 0.3) is 10.8 Å². The Hall–Kier alpha value is -2.82. The predicted octanol–water partition coefficient (Wildman–Crippen LogP) is 3.87. The zero-order valence-electron chi connectivity index (χ0n) is 15.7. The summed E-state index contributed by atoms with van der Waals surface area (Å²) in [5, 5.41) is 6.58. The van der Waals surface area contributed by atoms with Crippen LogP contribution in [0.2, 0.25) is 0 Å². The van der Waals surface area contributed by atoms with Crippen molar-refractivity contribution in [3.63, 3.8) is 0 Å². The van der Waals surface area contributed by atoms with E-state index in [1.165, 1.54) is 0 Å². The molecule has 0 unspecified atom stereocenters. The number of methoxy groups -OCH3 is 1. The van der Waals surface area contributed by atoms with Crippen molar-refractivity contribution in [1.82, 2.24) is 9.78 Å². The molecule has 5 nitrogen and oxygen atoms in total. The number of ether oxygens (including phenoxy) is 2. The Bertz CT molecular complexity index is 944. The summed E-state index contributed by atoms with van der Waals surface area (Å²) in [5.74, 6) is 0.639. The van der Waals surface area contributed by atoms with Crippen molar-refractivity contribution in [1.29, 1.82) is 0 Å². The van der Waals surface area contributed by atoms with E-state index in [0.717, 1.165) is 39.0 Å². The normalized spacial score (nSPS) is 10.9. The molecule has 0 radical (unpaired) electrons. The second kappa shape index (κ2) is 7.60. The Kier molecular flexibility index (Phi) is 5.26. The number of aromatic nitrogens is 2. The molecule has 3 aromatic rings. The maximum atomic E-state index is 12.1. The Labute approximate surface area is 153 Å². The fourth-order valence-corrected chi connectivity index (χ4v) is 3.13. The van der Waals surface area contributed by atoms with Gasteiger partial charge in [-0.1, -0.05) is 18.2 Å². The van der Waals surface area contributed by atoms with Gasteiger partial charge in [0.25, 0.3) is 0 Å². The van der Waals surface area contributed by atoms with Gasteiger partial charge in [0, 0.05) is 19.2 Å². The first-order valence-corrected chi connectivity index (χ1v) is 8.69. The van der Waals surface area contributed by atoms with Crippen LogP contribution >= 0.6 is 0 Å². The SMILES string of the molecule is COc1ccc2cc(COC(=O)CCc3c(C)nn(C)c3C)ccc2c1. The number of carbonyl (C=O) groups is 1. The molecular formula is C21H24N2O3. The Balaban J connectivity index is 1.58. The number of esters is 1. The van der Waals surface area contributed by atoms with Crippen molar-refractivity contribution in [2.75, 3.05) is 7.11 Å². The first-order valence-electron chi connectivity index (χ1n) is 8.69. The molecule has 26 heavy (non-hydrogen) atoms. The minimum absolute atomic E-state index is 0.192. The van der Waals surface area contributed by atoms with Gasteiger partial charge >= 0.3 is 5.97 Å². The number of benzene rings is 2. The van der Waals surface area contributed by atoms with Gasteiger partial charge in [-0.3, -0.25) is 9.48 Å². The molecule has 5 heteroatoms. The van der Waals surface area contributed by atoms with Crippen LogP contribution in [0, 0.1) is 13.8 Å². The summed E-state index contributed by atoms with van der Waals surface area (Å²) in [5.41, 5.74) is 4.18. The van der Waals surface area contributed by atoms with Crippen molar-refractivity contribution in [3.05, 3.63) is 58.9 Å². The van der Waals surface area contributed by atoms with Gasteiger partial charge in [-0.05, 0) is 60.4 Å². The number of nitrogens with zero attached hydrogens (tertiary/aromatic N) is 2. The second-order valence-electron chi connectivity index (χ2n) is 6.48. The van der Waals surface area contributed by atoms with Gasteiger partial charge < -0.3 is 9.47 Å².